The van der Waals surface area contributed by atoms with E-state index in [1.54, 1.807) is 4.90 Å². The molecule has 0 radical (unpaired) electrons. The third-order valence-corrected chi connectivity index (χ3v) is 3.22. The molecule has 3 rings (SSSR count). The summed E-state index contributed by atoms with van der Waals surface area (Å²) >= 11 is 0. The van der Waals surface area contributed by atoms with E-state index in [-0.39, 0.29) is 5.91 Å². The first-order valence-electron chi connectivity index (χ1n) is 6.19. The molecule has 92 valence electrons. The van der Waals surface area contributed by atoms with Gasteiger partial charge >= 0.3 is 0 Å². The highest BCUT2D eigenvalue weighted by molar-refractivity contribution is 5.98. The van der Waals surface area contributed by atoms with Gasteiger partial charge in [-0.1, -0.05) is 36.1 Å². The predicted molar refractivity (Wildman–Crippen MR) is 74.7 cm³/mol. The van der Waals surface area contributed by atoms with Gasteiger partial charge in [-0.15, -0.1) is 0 Å². The molecule has 0 aromatic heterocycles. The van der Waals surface area contributed by atoms with E-state index in [9.17, 15) is 4.79 Å². The Hall–Kier alpha value is -2.53. The Bertz CT molecular complexity index is 692. The Kier molecular flexibility index (Phi) is 2.81. The highest BCUT2D eigenvalue weighted by atomic mass is 16.2. The van der Waals surface area contributed by atoms with Crippen LogP contribution in [0.4, 0.5) is 0 Å². The van der Waals surface area contributed by atoms with Crippen LogP contribution >= 0.6 is 0 Å². The van der Waals surface area contributed by atoms with Gasteiger partial charge in [-0.2, -0.15) is 0 Å². The number of amides is 1. The molecule has 0 saturated heterocycles. The van der Waals surface area contributed by atoms with Crippen molar-refractivity contribution in [3.8, 4) is 11.8 Å². The quantitative estimate of drug-likeness (QED) is 0.655. The molecular weight excluding hydrogens is 234 g/mol. The van der Waals surface area contributed by atoms with Gasteiger partial charge in [-0.3, -0.25) is 4.79 Å². The molecule has 0 unspecified atom stereocenters. The topological polar surface area (TPSA) is 20.3 Å². The monoisotopic (exact) mass is 247 g/mol. The molecule has 0 aliphatic carbocycles. The third-order valence-electron chi connectivity index (χ3n) is 3.22. The molecule has 2 nitrogen and oxygen atoms in total. The van der Waals surface area contributed by atoms with Crippen molar-refractivity contribution in [3.63, 3.8) is 0 Å². The fraction of sp³-hybridized carbons (Fsp3) is 0.118. The van der Waals surface area contributed by atoms with Crippen molar-refractivity contribution in [2.24, 2.45) is 0 Å². The van der Waals surface area contributed by atoms with Gasteiger partial charge in [0.2, 0.25) is 0 Å². The van der Waals surface area contributed by atoms with Crippen molar-refractivity contribution in [2.75, 3.05) is 7.05 Å². The summed E-state index contributed by atoms with van der Waals surface area (Å²) in [6, 6.07) is 15.7. The lowest BCUT2D eigenvalue weighted by molar-refractivity contribution is 0.0816. The number of carbonyl (C=O) groups excluding carboxylic acids is 1. The maximum Gasteiger partial charge on any atom is 0.254 e. The van der Waals surface area contributed by atoms with Gasteiger partial charge in [0.15, 0.2) is 0 Å². The van der Waals surface area contributed by atoms with E-state index in [1.165, 1.54) is 0 Å². The maximum atomic E-state index is 11.9. The van der Waals surface area contributed by atoms with Crippen molar-refractivity contribution in [1.29, 1.82) is 0 Å². The zero-order valence-corrected chi connectivity index (χ0v) is 10.7. The lowest BCUT2D eigenvalue weighted by Crippen LogP contribution is -2.17. The van der Waals surface area contributed by atoms with Crippen LogP contribution in [0.2, 0.25) is 0 Å². The second kappa shape index (κ2) is 4.62. The minimum absolute atomic E-state index is 0.0818. The fourth-order valence-electron chi connectivity index (χ4n) is 2.19. The Labute approximate surface area is 112 Å². The molecule has 0 N–H and O–H groups in total. The Morgan fingerprint density at radius 1 is 1.00 bits per heavy atom. The first kappa shape index (κ1) is 11.6. The summed E-state index contributed by atoms with van der Waals surface area (Å²) in [5.41, 5.74) is 3.72. The summed E-state index contributed by atoms with van der Waals surface area (Å²) < 4.78 is 0. The van der Waals surface area contributed by atoms with Crippen molar-refractivity contribution in [3.05, 3.63) is 70.8 Å². The number of carbonyl (C=O) groups is 1. The molecule has 1 amide bonds. The van der Waals surface area contributed by atoms with Crippen LogP contribution in [-0.4, -0.2) is 17.9 Å². The Morgan fingerprint density at radius 3 is 2.53 bits per heavy atom. The van der Waals surface area contributed by atoms with Crippen LogP contribution in [0, 0.1) is 11.8 Å². The van der Waals surface area contributed by atoms with E-state index in [1.807, 2.05) is 55.6 Å². The molecule has 0 fully saturated rings. The Balaban J connectivity index is 1.93. The van der Waals surface area contributed by atoms with Crippen LogP contribution in [0.3, 0.4) is 0 Å². The summed E-state index contributed by atoms with van der Waals surface area (Å²) in [5, 5.41) is 0. The maximum absolute atomic E-state index is 11.9. The summed E-state index contributed by atoms with van der Waals surface area (Å²) in [6.45, 7) is 0.695. The van der Waals surface area contributed by atoms with E-state index >= 15 is 0 Å². The molecule has 1 aliphatic heterocycles. The standard InChI is InChI=1S/C17H13NO/c1-18-12-15-10-9-14(11-16(15)17(18)19)8-7-13-5-3-2-4-6-13/h2-6,9-11H,12H2,1H3. The first-order chi connectivity index (χ1) is 9.24. The van der Waals surface area contributed by atoms with Gasteiger partial charge in [0.1, 0.15) is 0 Å². The van der Waals surface area contributed by atoms with Gasteiger partial charge in [0.25, 0.3) is 5.91 Å². The number of rotatable bonds is 0. The van der Waals surface area contributed by atoms with Crippen LogP contribution in [-0.2, 0) is 6.54 Å². The number of benzene rings is 2. The van der Waals surface area contributed by atoms with Crippen molar-refractivity contribution < 1.29 is 4.79 Å². The average molecular weight is 247 g/mol. The van der Waals surface area contributed by atoms with Crippen molar-refractivity contribution >= 4 is 5.91 Å². The second-order valence-corrected chi connectivity index (χ2v) is 4.65. The predicted octanol–water partition coefficient (Wildman–Crippen LogP) is 2.67. The molecule has 2 aromatic rings. The largest absolute Gasteiger partial charge is 0.337 e. The fourth-order valence-corrected chi connectivity index (χ4v) is 2.19. The molecule has 2 aromatic carbocycles. The summed E-state index contributed by atoms with van der Waals surface area (Å²) in [7, 11) is 1.82. The van der Waals surface area contributed by atoms with Crippen molar-refractivity contribution in [1.82, 2.24) is 4.90 Å². The van der Waals surface area contributed by atoms with Gasteiger partial charge < -0.3 is 4.90 Å². The lowest BCUT2D eigenvalue weighted by Gasteiger charge is -2.04. The van der Waals surface area contributed by atoms with Gasteiger partial charge in [0.05, 0.1) is 0 Å². The molecule has 1 heterocycles. The van der Waals surface area contributed by atoms with Crippen LogP contribution in [0.1, 0.15) is 27.0 Å². The minimum Gasteiger partial charge on any atom is -0.337 e. The smallest absolute Gasteiger partial charge is 0.254 e. The zero-order valence-electron chi connectivity index (χ0n) is 10.7. The summed E-state index contributed by atoms with van der Waals surface area (Å²) in [5.74, 6) is 6.29. The molecule has 0 spiro atoms. The average Bonchev–Trinajstić information content (AvgIpc) is 2.73. The highest BCUT2D eigenvalue weighted by Crippen LogP contribution is 2.22. The van der Waals surface area contributed by atoms with E-state index in [4.69, 9.17) is 0 Å². The van der Waals surface area contributed by atoms with E-state index < -0.39 is 0 Å². The van der Waals surface area contributed by atoms with Crippen LogP contribution in [0.5, 0.6) is 0 Å². The van der Waals surface area contributed by atoms with Gasteiger partial charge in [-0.05, 0) is 29.8 Å². The second-order valence-electron chi connectivity index (χ2n) is 4.65. The number of hydrogen-bond acceptors (Lipinski definition) is 1. The molecular formula is C17H13NO. The first-order valence-corrected chi connectivity index (χ1v) is 6.19. The van der Waals surface area contributed by atoms with Crippen LogP contribution in [0.25, 0.3) is 0 Å². The molecule has 0 bridgehead atoms. The normalized spacial score (nSPS) is 12.9. The van der Waals surface area contributed by atoms with E-state index in [0.717, 1.165) is 22.3 Å². The van der Waals surface area contributed by atoms with Crippen molar-refractivity contribution in [2.45, 2.75) is 6.54 Å². The van der Waals surface area contributed by atoms with E-state index in [0.29, 0.717) is 6.54 Å². The molecule has 2 heteroatoms. The number of hydrogen-bond donors (Lipinski definition) is 0. The van der Waals surface area contributed by atoms with Crippen LogP contribution < -0.4 is 0 Å². The number of nitrogens with zero attached hydrogens (tertiary/aromatic N) is 1. The lowest BCUT2D eigenvalue weighted by atomic mass is 10.1. The third kappa shape index (κ3) is 2.23. The Morgan fingerprint density at radius 2 is 1.74 bits per heavy atom. The minimum atomic E-state index is 0.0818. The van der Waals surface area contributed by atoms with Gasteiger partial charge in [0, 0.05) is 30.3 Å². The van der Waals surface area contributed by atoms with Gasteiger partial charge in [-0.25, -0.2) is 0 Å². The molecule has 19 heavy (non-hydrogen) atoms. The summed E-state index contributed by atoms with van der Waals surface area (Å²) in [6.07, 6.45) is 0. The highest BCUT2D eigenvalue weighted by Gasteiger charge is 2.23. The SMILES string of the molecule is CN1Cc2ccc(C#Cc3ccccc3)cc2C1=O. The molecule has 0 saturated carbocycles. The molecule has 1 aliphatic rings. The van der Waals surface area contributed by atoms with Crippen LogP contribution in [0.15, 0.2) is 48.5 Å². The summed E-state index contributed by atoms with van der Waals surface area (Å²) in [4.78, 5) is 13.6. The van der Waals surface area contributed by atoms with E-state index in [2.05, 4.69) is 11.8 Å². The molecule has 0 atom stereocenters. The number of fused-ring (bicyclic) bond motifs is 1. The zero-order chi connectivity index (χ0) is 13.2.